The van der Waals surface area contributed by atoms with Gasteiger partial charge in [-0.3, -0.25) is 9.59 Å². The van der Waals surface area contributed by atoms with Crippen molar-refractivity contribution in [3.63, 3.8) is 0 Å². The summed E-state index contributed by atoms with van der Waals surface area (Å²) < 4.78 is 0. The normalized spacial score (nSPS) is 10.1. The topological polar surface area (TPSA) is 86.6 Å². The van der Waals surface area contributed by atoms with Crippen LogP contribution in [0.5, 0.6) is 5.75 Å². The van der Waals surface area contributed by atoms with Crippen molar-refractivity contribution >= 4 is 17.6 Å². The summed E-state index contributed by atoms with van der Waals surface area (Å²) in [6.45, 7) is 0. The Hall–Kier alpha value is -2.82. The van der Waals surface area contributed by atoms with Crippen LogP contribution in [-0.4, -0.2) is 22.1 Å². The van der Waals surface area contributed by atoms with Gasteiger partial charge in [0.25, 0.3) is 5.91 Å². The number of aryl methyl sites for hydroxylation is 1. The molecule has 0 bridgehead atoms. The molecule has 3 N–H and O–H groups in total. The summed E-state index contributed by atoms with van der Waals surface area (Å²) >= 11 is 0. The summed E-state index contributed by atoms with van der Waals surface area (Å²) in [7, 11) is 0. The van der Waals surface area contributed by atoms with E-state index in [0.29, 0.717) is 17.7 Å². The van der Waals surface area contributed by atoms with Gasteiger partial charge >= 0.3 is 5.97 Å². The highest BCUT2D eigenvalue weighted by Crippen LogP contribution is 2.15. The molecule has 0 heterocycles. The van der Waals surface area contributed by atoms with Crippen LogP contribution in [0.2, 0.25) is 0 Å². The second-order valence-corrected chi connectivity index (χ2v) is 4.60. The monoisotopic (exact) mass is 285 g/mol. The van der Waals surface area contributed by atoms with Crippen LogP contribution in [-0.2, 0) is 11.2 Å². The van der Waals surface area contributed by atoms with Gasteiger partial charge in [-0.2, -0.15) is 0 Å². The van der Waals surface area contributed by atoms with Crippen molar-refractivity contribution in [1.29, 1.82) is 0 Å². The molecule has 0 aliphatic carbocycles. The maximum atomic E-state index is 12.0. The van der Waals surface area contributed by atoms with E-state index in [1.165, 1.54) is 24.3 Å². The molecule has 108 valence electrons. The van der Waals surface area contributed by atoms with Crippen LogP contribution < -0.4 is 5.32 Å². The average molecular weight is 285 g/mol. The first-order valence-electron chi connectivity index (χ1n) is 6.46. The quantitative estimate of drug-likeness (QED) is 0.788. The molecule has 0 saturated heterocycles. The lowest BCUT2D eigenvalue weighted by atomic mass is 10.1. The second kappa shape index (κ2) is 6.56. The molecular weight excluding hydrogens is 270 g/mol. The van der Waals surface area contributed by atoms with Crippen molar-refractivity contribution < 1.29 is 19.8 Å². The first-order valence-corrected chi connectivity index (χ1v) is 6.46. The van der Waals surface area contributed by atoms with Crippen molar-refractivity contribution in [3.05, 3.63) is 59.7 Å². The number of hydrogen-bond donors (Lipinski definition) is 3. The van der Waals surface area contributed by atoms with Crippen LogP contribution in [0.15, 0.2) is 48.5 Å². The molecule has 5 nitrogen and oxygen atoms in total. The molecule has 0 unspecified atom stereocenters. The van der Waals surface area contributed by atoms with Crippen LogP contribution in [0.25, 0.3) is 0 Å². The molecule has 0 radical (unpaired) electrons. The number of rotatable bonds is 5. The van der Waals surface area contributed by atoms with Crippen LogP contribution in [0.3, 0.4) is 0 Å². The molecular formula is C16H15NO4. The molecule has 0 aromatic heterocycles. The zero-order valence-corrected chi connectivity index (χ0v) is 11.2. The largest absolute Gasteiger partial charge is 0.508 e. The van der Waals surface area contributed by atoms with E-state index in [1.807, 2.05) is 6.07 Å². The minimum absolute atomic E-state index is 0.0510. The van der Waals surface area contributed by atoms with Crippen LogP contribution in [0, 0.1) is 0 Å². The lowest BCUT2D eigenvalue weighted by Gasteiger charge is -2.07. The van der Waals surface area contributed by atoms with Crippen LogP contribution >= 0.6 is 0 Å². The van der Waals surface area contributed by atoms with Gasteiger partial charge in [0.05, 0.1) is 0 Å². The van der Waals surface area contributed by atoms with Gasteiger partial charge in [-0.1, -0.05) is 12.1 Å². The maximum absolute atomic E-state index is 12.0. The molecule has 2 rings (SSSR count). The number of benzene rings is 2. The van der Waals surface area contributed by atoms with E-state index in [4.69, 9.17) is 5.11 Å². The Kier molecular flexibility index (Phi) is 4.56. The molecule has 2 aromatic carbocycles. The molecule has 21 heavy (non-hydrogen) atoms. The van der Waals surface area contributed by atoms with Gasteiger partial charge in [0, 0.05) is 17.7 Å². The van der Waals surface area contributed by atoms with Crippen molar-refractivity contribution in [3.8, 4) is 5.75 Å². The second-order valence-electron chi connectivity index (χ2n) is 4.60. The van der Waals surface area contributed by atoms with E-state index in [1.54, 1.807) is 18.2 Å². The van der Waals surface area contributed by atoms with Gasteiger partial charge in [0.2, 0.25) is 0 Å². The molecule has 0 saturated carbocycles. The highest BCUT2D eigenvalue weighted by molar-refractivity contribution is 6.04. The lowest BCUT2D eigenvalue weighted by Crippen LogP contribution is -2.11. The number of carbonyl (C=O) groups excluding carboxylic acids is 1. The molecule has 0 fully saturated rings. The van der Waals surface area contributed by atoms with Gasteiger partial charge in [0.1, 0.15) is 5.75 Å². The average Bonchev–Trinajstić information content (AvgIpc) is 2.46. The van der Waals surface area contributed by atoms with E-state index >= 15 is 0 Å². The molecule has 0 spiro atoms. The number of carboxylic acid groups (broad SMARTS) is 1. The zero-order chi connectivity index (χ0) is 15.2. The van der Waals surface area contributed by atoms with Crippen LogP contribution in [0.1, 0.15) is 22.3 Å². The number of amides is 1. The number of nitrogens with one attached hydrogen (secondary N) is 1. The van der Waals surface area contributed by atoms with E-state index < -0.39 is 5.97 Å². The fourth-order valence-electron chi connectivity index (χ4n) is 1.87. The Balaban J connectivity index is 2.05. The van der Waals surface area contributed by atoms with Crippen molar-refractivity contribution in [1.82, 2.24) is 0 Å². The third-order valence-electron chi connectivity index (χ3n) is 2.94. The van der Waals surface area contributed by atoms with E-state index in [0.717, 1.165) is 5.56 Å². The number of phenols is 1. The number of hydrogen-bond acceptors (Lipinski definition) is 3. The Labute approximate surface area is 121 Å². The Morgan fingerprint density at radius 2 is 1.76 bits per heavy atom. The fraction of sp³-hybridized carbons (Fsp3) is 0.125. The Morgan fingerprint density at radius 1 is 1.05 bits per heavy atom. The summed E-state index contributed by atoms with van der Waals surface area (Å²) in [5, 5.41) is 20.6. The summed E-state index contributed by atoms with van der Waals surface area (Å²) in [6, 6.07) is 13.0. The molecule has 1 amide bonds. The van der Waals surface area contributed by atoms with Gasteiger partial charge in [0.15, 0.2) is 0 Å². The SMILES string of the molecule is O=C(O)CCc1cccc(NC(=O)c2ccc(O)cc2)c1. The first-order chi connectivity index (χ1) is 10.0. The van der Waals surface area contributed by atoms with Crippen molar-refractivity contribution in [2.24, 2.45) is 0 Å². The number of aliphatic carboxylic acids is 1. The first kappa shape index (κ1) is 14.6. The third kappa shape index (κ3) is 4.35. The minimum atomic E-state index is -0.853. The third-order valence-corrected chi connectivity index (χ3v) is 2.94. The minimum Gasteiger partial charge on any atom is -0.508 e. The number of anilines is 1. The Morgan fingerprint density at radius 3 is 2.43 bits per heavy atom. The highest BCUT2D eigenvalue weighted by atomic mass is 16.4. The number of aromatic hydroxyl groups is 1. The predicted molar refractivity (Wildman–Crippen MR) is 78.5 cm³/mol. The summed E-state index contributed by atoms with van der Waals surface area (Å²) in [4.78, 5) is 22.6. The molecule has 0 aliphatic rings. The number of carbonyl (C=O) groups is 2. The fourth-order valence-corrected chi connectivity index (χ4v) is 1.87. The van der Waals surface area contributed by atoms with E-state index in [-0.39, 0.29) is 18.1 Å². The van der Waals surface area contributed by atoms with Gasteiger partial charge in [-0.05, 0) is 48.4 Å². The van der Waals surface area contributed by atoms with Gasteiger partial charge < -0.3 is 15.5 Å². The van der Waals surface area contributed by atoms with Gasteiger partial charge in [-0.15, -0.1) is 0 Å². The molecule has 5 heteroatoms. The molecule has 0 aliphatic heterocycles. The number of carboxylic acids is 1. The molecule has 0 atom stereocenters. The van der Waals surface area contributed by atoms with Crippen LogP contribution in [0.4, 0.5) is 5.69 Å². The zero-order valence-electron chi connectivity index (χ0n) is 11.2. The summed E-state index contributed by atoms with van der Waals surface area (Å²) in [5.41, 5.74) is 1.89. The molecule has 2 aromatic rings. The predicted octanol–water partition coefficient (Wildman–Crippen LogP) is 2.66. The van der Waals surface area contributed by atoms with E-state index in [9.17, 15) is 14.7 Å². The van der Waals surface area contributed by atoms with Gasteiger partial charge in [-0.25, -0.2) is 0 Å². The smallest absolute Gasteiger partial charge is 0.303 e. The highest BCUT2D eigenvalue weighted by Gasteiger charge is 2.07. The number of phenolic OH excluding ortho intramolecular Hbond substituents is 1. The van der Waals surface area contributed by atoms with Crippen molar-refractivity contribution in [2.45, 2.75) is 12.8 Å². The standard InChI is InChI=1S/C16H15NO4/c18-14-7-5-12(6-8-14)16(21)17-13-3-1-2-11(10-13)4-9-15(19)20/h1-3,5-8,10,18H,4,9H2,(H,17,21)(H,19,20). The van der Waals surface area contributed by atoms with E-state index in [2.05, 4.69) is 5.32 Å². The summed E-state index contributed by atoms with van der Waals surface area (Å²) in [6.07, 6.45) is 0.466. The van der Waals surface area contributed by atoms with Crippen molar-refractivity contribution in [2.75, 3.05) is 5.32 Å². The lowest BCUT2D eigenvalue weighted by molar-refractivity contribution is -0.136. The maximum Gasteiger partial charge on any atom is 0.303 e. The summed E-state index contributed by atoms with van der Waals surface area (Å²) in [5.74, 6) is -1.04. The Bertz CT molecular complexity index is 650.